The molecule has 2 aromatic carbocycles. The maximum absolute atomic E-state index is 10.8. The molecule has 1 N–H and O–H groups in total. The van der Waals surface area contributed by atoms with Gasteiger partial charge in [-0.05, 0) is 45.1 Å². The maximum Gasteiger partial charge on any atom is 0.271 e. The molecule has 0 aliphatic heterocycles. The quantitative estimate of drug-likeness (QED) is 0.417. The average Bonchev–Trinajstić information content (AvgIpc) is 2.47. The molecule has 23 heavy (non-hydrogen) atoms. The van der Waals surface area contributed by atoms with Gasteiger partial charge in [-0.3, -0.25) is 10.1 Å². The summed E-state index contributed by atoms with van der Waals surface area (Å²) in [5.74, 6) is -0.0211. The molecule has 0 aliphatic rings. The Labute approximate surface area is 142 Å². The summed E-state index contributed by atoms with van der Waals surface area (Å²) in [5.41, 5.74) is 1.45. The maximum atomic E-state index is 10.8. The number of benzene rings is 2. The first kappa shape index (κ1) is 17.1. The van der Waals surface area contributed by atoms with Gasteiger partial charge >= 0.3 is 0 Å². The summed E-state index contributed by atoms with van der Waals surface area (Å²) in [6.07, 6.45) is 0. The van der Waals surface area contributed by atoms with E-state index in [0.29, 0.717) is 15.8 Å². The van der Waals surface area contributed by atoms with Gasteiger partial charge < -0.3 is 5.11 Å². The second-order valence-corrected chi connectivity index (χ2v) is 6.91. The normalized spacial score (nSPS) is 11.8. The molecule has 0 saturated heterocycles. The smallest absolute Gasteiger partial charge is 0.271 e. The van der Waals surface area contributed by atoms with Crippen molar-refractivity contribution in [1.82, 2.24) is 0 Å². The average molecular weight is 378 g/mol. The van der Waals surface area contributed by atoms with Crippen LogP contribution in [-0.4, -0.2) is 10.0 Å². The molecule has 0 amide bonds. The van der Waals surface area contributed by atoms with Crippen LogP contribution >= 0.6 is 15.9 Å². The van der Waals surface area contributed by atoms with Gasteiger partial charge in [0.15, 0.2) is 5.75 Å². The SMILES string of the molecule is CC(C)(C)c1cc(Br)c(O)c(N=Nc2cccc([N+](=O)[O-])c2)c1. The van der Waals surface area contributed by atoms with Crippen LogP contribution in [0.15, 0.2) is 51.1 Å². The van der Waals surface area contributed by atoms with E-state index in [1.807, 2.05) is 26.8 Å². The first-order valence-corrected chi connectivity index (χ1v) is 7.67. The fraction of sp³-hybridized carbons (Fsp3) is 0.250. The molecule has 0 spiro atoms. The molecular formula is C16H16BrN3O3. The number of nitro benzene ring substituents is 1. The number of hydrogen-bond acceptors (Lipinski definition) is 5. The van der Waals surface area contributed by atoms with Crippen LogP contribution in [0.25, 0.3) is 0 Å². The van der Waals surface area contributed by atoms with Crippen LogP contribution in [0.3, 0.4) is 0 Å². The summed E-state index contributed by atoms with van der Waals surface area (Å²) < 4.78 is 0.526. The third kappa shape index (κ3) is 4.13. The molecule has 0 saturated carbocycles. The van der Waals surface area contributed by atoms with Crippen molar-refractivity contribution in [2.75, 3.05) is 0 Å². The highest BCUT2D eigenvalue weighted by Gasteiger charge is 2.18. The van der Waals surface area contributed by atoms with Gasteiger partial charge in [-0.15, -0.1) is 5.11 Å². The van der Waals surface area contributed by atoms with Gasteiger partial charge in [-0.25, -0.2) is 0 Å². The van der Waals surface area contributed by atoms with E-state index in [1.165, 1.54) is 18.2 Å². The van der Waals surface area contributed by atoms with Gasteiger partial charge in [0, 0.05) is 12.1 Å². The van der Waals surface area contributed by atoms with E-state index in [4.69, 9.17) is 0 Å². The molecule has 0 bridgehead atoms. The Morgan fingerprint density at radius 2 is 1.87 bits per heavy atom. The first-order chi connectivity index (χ1) is 10.7. The number of phenolic OH excluding ortho intramolecular Hbond substituents is 1. The van der Waals surface area contributed by atoms with Crippen molar-refractivity contribution in [2.24, 2.45) is 10.2 Å². The van der Waals surface area contributed by atoms with E-state index in [0.717, 1.165) is 5.56 Å². The fourth-order valence-corrected chi connectivity index (χ4v) is 2.32. The summed E-state index contributed by atoms with van der Waals surface area (Å²) in [4.78, 5) is 10.3. The number of halogens is 1. The minimum absolute atomic E-state index is 0.0211. The van der Waals surface area contributed by atoms with E-state index in [-0.39, 0.29) is 16.9 Å². The predicted molar refractivity (Wildman–Crippen MR) is 91.8 cm³/mol. The number of phenols is 1. The second-order valence-electron chi connectivity index (χ2n) is 6.05. The van der Waals surface area contributed by atoms with Crippen LogP contribution in [0, 0.1) is 10.1 Å². The van der Waals surface area contributed by atoms with Crippen LogP contribution in [0.1, 0.15) is 26.3 Å². The number of azo groups is 1. The number of nitro groups is 1. The Hall–Kier alpha value is -2.28. The highest BCUT2D eigenvalue weighted by Crippen LogP contribution is 2.39. The summed E-state index contributed by atoms with van der Waals surface area (Å²) >= 11 is 3.31. The highest BCUT2D eigenvalue weighted by atomic mass is 79.9. The minimum Gasteiger partial charge on any atom is -0.505 e. The molecule has 6 nitrogen and oxygen atoms in total. The molecule has 0 radical (unpaired) electrons. The third-order valence-electron chi connectivity index (χ3n) is 3.22. The van der Waals surface area contributed by atoms with Crippen LogP contribution in [0.2, 0.25) is 0 Å². The molecular weight excluding hydrogens is 362 g/mol. The molecule has 0 unspecified atom stereocenters. The number of nitrogens with zero attached hydrogens (tertiary/aromatic N) is 3. The van der Waals surface area contributed by atoms with Crippen molar-refractivity contribution in [3.8, 4) is 5.75 Å². The van der Waals surface area contributed by atoms with E-state index >= 15 is 0 Å². The summed E-state index contributed by atoms with van der Waals surface area (Å²) in [5, 5.41) is 28.9. The minimum atomic E-state index is -0.493. The number of rotatable bonds is 3. The Balaban J connectivity index is 2.41. The Morgan fingerprint density at radius 3 is 2.48 bits per heavy atom. The Bertz CT molecular complexity index is 783. The van der Waals surface area contributed by atoms with Crippen molar-refractivity contribution < 1.29 is 10.0 Å². The van der Waals surface area contributed by atoms with Crippen molar-refractivity contribution in [1.29, 1.82) is 0 Å². The van der Waals surface area contributed by atoms with Crippen LogP contribution < -0.4 is 0 Å². The highest BCUT2D eigenvalue weighted by molar-refractivity contribution is 9.10. The van der Waals surface area contributed by atoms with Gasteiger partial charge in [0.1, 0.15) is 5.69 Å². The van der Waals surface area contributed by atoms with Gasteiger partial charge in [0.2, 0.25) is 0 Å². The topological polar surface area (TPSA) is 88.1 Å². The number of aromatic hydroxyl groups is 1. The van der Waals surface area contributed by atoms with Crippen LogP contribution in [0.5, 0.6) is 5.75 Å². The van der Waals surface area contributed by atoms with Gasteiger partial charge in [-0.1, -0.05) is 26.8 Å². The summed E-state index contributed by atoms with van der Waals surface area (Å²) in [6, 6.07) is 9.43. The van der Waals surface area contributed by atoms with Gasteiger partial charge in [0.25, 0.3) is 5.69 Å². The molecule has 0 heterocycles. The van der Waals surface area contributed by atoms with Crippen LogP contribution in [-0.2, 0) is 5.41 Å². The van der Waals surface area contributed by atoms with Crippen molar-refractivity contribution in [2.45, 2.75) is 26.2 Å². The lowest BCUT2D eigenvalue weighted by atomic mass is 9.87. The molecule has 0 aliphatic carbocycles. The van der Waals surface area contributed by atoms with E-state index in [1.54, 1.807) is 12.1 Å². The second kappa shape index (κ2) is 6.45. The lowest BCUT2D eigenvalue weighted by molar-refractivity contribution is -0.384. The third-order valence-corrected chi connectivity index (χ3v) is 3.83. The van der Waals surface area contributed by atoms with Crippen molar-refractivity contribution >= 4 is 33.0 Å². The number of hydrogen-bond donors (Lipinski definition) is 1. The van der Waals surface area contributed by atoms with Gasteiger partial charge in [0.05, 0.1) is 15.1 Å². The van der Waals surface area contributed by atoms with Gasteiger partial charge in [-0.2, -0.15) is 5.11 Å². The zero-order valence-corrected chi connectivity index (χ0v) is 14.5. The zero-order valence-electron chi connectivity index (χ0n) is 12.9. The lowest BCUT2D eigenvalue weighted by Gasteiger charge is -2.20. The molecule has 0 atom stereocenters. The Kier molecular flexibility index (Phi) is 4.79. The summed E-state index contributed by atoms with van der Waals surface area (Å²) in [6.45, 7) is 6.15. The first-order valence-electron chi connectivity index (χ1n) is 6.87. The van der Waals surface area contributed by atoms with E-state index in [2.05, 4.69) is 26.2 Å². The molecule has 7 heteroatoms. The fourth-order valence-electron chi connectivity index (χ4n) is 1.87. The largest absolute Gasteiger partial charge is 0.505 e. The van der Waals surface area contributed by atoms with Crippen LogP contribution in [0.4, 0.5) is 17.1 Å². The van der Waals surface area contributed by atoms with Crippen molar-refractivity contribution in [3.05, 3.63) is 56.5 Å². The molecule has 0 fully saturated rings. The molecule has 120 valence electrons. The zero-order chi connectivity index (χ0) is 17.2. The van der Waals surface area contributed by atoms with Crippen molar-refractivity contribution in [3.63, 3.8) is 0 Å². The Morgan fingerprint density at radius 1 is 1.17 bits per heavy atom. The van der Waals surface area contributed by atoms with E-state index < -0.39 is 4.92 Å². The van der Waals surface area contributed by atoms with E-state index in [9.17, 15) is 15.2 Å². The standard InChI is InChI=1S/C16H16BrN3O3/c1-16(2,3)10-7-13(17)15(21)14(8-10)19-18-11-5-4-6-12(9-11)20(22)23/h4-9,21H,1-3H3. The molecule has 2 aromatic rings. The molecule has 0 aromatic heterocycles. The number of non-ortho nitro benzene ring substituents is 1. The summed E-state index contributed by atoms with van der Waals surface area (Å²) in [7, 11) is 0. The lowest BCUT2D eigenvalue weighted by Crippen LogP contribution is -2.10. The molecule has 2 rings (SSSR count). The monoisotopic (exact) mass is 377 g/mol. The predicted octanol–water partition coefficient (Wildman–Crippen LogP) is 5.78.